The van der Waals surface area contributed by atoms with Crippen molar-refractivity contribution in [3.05, 3.63) is 29.3 Å². The number of carbonyl (C=O) groups is 1. The van der Waals surface area contributed by atoms with Crippen molar-refractivity contribution in [2.75, 3.05) is 18.8 Å². The fraction of sp³-hybridized carbons (Fsp3) is 0.562. The molecular formula is C16H24N2O2. The lowest BCUT2D eigenvalue weighted by Gasteiger charge is -2.40. The van der Waals surface area contributed by atoms with Gasteiger partial charge in [0.05, 0.1) is 0 Å². The largest absolute Gasteiger partial charge is 0.444 e. The Morgan fingerprint density at radius 3 is 2.60 bits per heavy atom. The molecule has 0 aromatic heterocycles. The van der Waals surface area contributed by atoms with Gasteiger partial charge in [-0.05, 0) is 44.4 Å². The van der Waals surface area contributed by atoms with E-state index >= 15 is 0 Å². The molecule has 1 aromatic rings. The highest BCUT2D eigenvalue weighted by Crippen LogP contribution is 2.30. The lowest BCUT2D eigenvalue weighted by molar-refractivity contribution is 0.00819. The Kier molecular flexibility index (Phi) is 3.93. The molecule has 0 unspecified atom stereocenters. The summed E-state index contributed by atoms with van der Waals surface area (Å²) < 4.78 is 5.36. The summed E-state index contributed by atoms with van der Waals surface area (Å²) in [4.78, 5) is 13.6. The van der Waals surface area contributed by atoms with E-state index < -0.39 is 5.60 Å². The van der Waals surface area contributed by atoms with Crippen molar-refractivity contribution >= 4 is 11.8 Å². The van der Waals surface area contributed by atoms with Crippen LogP contribution < -0.4 is 5.73 Å². The van der Waals surface area contributed by atoms with Gasteiger partial charge in [-0.25, -0.2) is 4.79 Å². The van der Waals surface area contributed by atoms with Crippen LogP contribution in [0.5, 0.6) is 0 Å². The van der Waals surface area contributed by atoms with E-state index in [2.05, 4.69) is 19.1 Å². The standard InChI is InChI=1S/C16H24N2O2/c1-5-11-8-12(6-7-14(11)17)13-9-18(10-13)15(19)20-16(2,3)4/h6-8,13H,5,9-10,17H2,1-4H3. The summed E-state index contributed by atoms with van der Waals surface area (Å²) in [5.74, 6) is 0.397. The number of nitrogens with zero attached hydrogens (tertiary/aromatic N) is 1. The van der Waals surface area contributed by atoms with Crippen molar-refractivity contribution in [2.24, 2.45) is 0 Å². The van der Waals surface area contributed by atoms with Crippen molar-refractivity contribution in [3.8, 4) is 0 Å². The Hall–Kier alpha value is -1.71. The molecule has 0 saturated carbocycles. The van der Waals surface area contributed by atoms with Crippen LogP contribution in [0.3, 0.4) is 0 Å². The van der Waals surface area contributed by atoms with Crippen molar-refractivity contribution in [1.29, 1.82) is 0 Å². The Bertz CT molecular complexity index is 500. The molecule has 1 fully saturated rings. The fourth-order valence-corrected chi connectivity index (χ4v) is 2.35. The summed E-state index contributed by atoms with van der Waals surface area (Å²) in [6.45, 7) is 9.20. The molecule has 0 radical (unpaired) electrons. The number of amides is 1. The maximum absolute atomic E-state index is 11.9. The van der Waals surface area contributed by atoms with Gasteiger partial charge in [-0.3, -0.25) is 0 Å². The van der Waals surface area contributed by atoms with E-state index in [-0.39, 0.29) is 6.09 Å². The van der Waals surface area contributed by atoms with Crippen LogP contribution in [0.4, 0.5) is 10.5 Å². The third kappa shape index (κ3) is 3.24. The molecule has 1 aliphatic heterocycles. The number of rotatable bonds is 2. The minimum Gasteiger partial charge on any atom is -0.444 e. The van der Waals surface area contributed by atoms with Crippen molar-refractivity contribution in [3.63, 3.8) is 0 Å². The summed E-state index contributed by atoms with van der Waals surface area (Å²) in [7, 11) is 0. The van der Waals surface area contributed by atoms with E-state index in [0.29, 0.717) is 5.92 Å². The molecule has 1 aromatic carbocycles. The van der Waals surface area contributed by atoms with Gasteiger partial charge in [0.25, 0.3) is 0 Å². The number of aryl methyl sites for hydroxylation is 1. The minimum atomic E-state index is -0.432. The van der Waals surface area contributed by atoms with Crippen LogP contribution in [-0.2, 0) is 11.2 Å². The lowest BCUT2D eigenvalue weighted by Crippen LogP contribution is -2.50. The molecular weight excluding hydrogens is 252 g/mol. The van der Waals surface area contributed by atoms with Crippen LogP contribution in [0.1, 0.15) is 44.7 Å². The highest BCUT2D eigenvalue weighted by atomic mass is 16.6. The Labute approximate surface area is 120 Å². The van der Waals surface area contributed by atoms with Crippen molar-refractivity contribution < 1.29 is 9.53 Å². The van der Waals surface area contributed by atoms with Crippen molar-refractivity contribution in [1.82, 2.24) is 4.90 Å². The number of anilines is 1. The first-order valence-corrected chi connectivity index (χ1v) is 7.16. The first-order chi connectivity index (χ1) is 9.30. The maximum atomic E-state index is 11.9. The van der Waals surface area contributed by atoms with E-state index in [0.717, 1.165) is 25.2 Å². The zero-order valence-electron chi connectivity index (χ0n) is 12.8. The van der Waals surface area contributed by atoms with Gasteiger partial charge in [0, 0.05) is 24.7 Å². The van der Waals surface area contributed by atoms with E-state index in [1.165, 1.54) is 11.1 Å². The molecule has 1 amide bonds. The fourth-order valence-electron chi connectivity index (χ4n) is 2.35. The van der Waals surface area contributed by atoms with Gasteiger partial charge in [-0.1, -0.05) is 19.1 Å². The molecule has 0 atom stereocenters. The molecule has 20 heavy (non-hydrogen) atoms. The average molecular weight is 276 g/mol. The quantitative estimate of drug-likeness (QED) is 0.844. The van der Waals surface area contributed by atoms with Crippen LogP contribution in [-0.4, -0.2) is 29.7 Å². The Balaban J connectivity index is 1.95. The highest BCUT2D eigenvalue weighted by molar-refractivity contribution is 5.69. The topological polar surface area (TPSA) is 55.6 Å². The molecule has 2 rings (SSSR count). The number of hydrogen-bond donors (Lipinski definition) is 1. The summed E-state index contributed by atoms with van der Waals surface area (Å²) in [6.07, 6.45) is 0.710. The van der Waals surface area contributed by atoms with Crippen LogP contribution in [0.25, 0.3) is 0 Å². The molecule has 2 N–H and O–H groups in total. The second-order valence-corrected chi connectivity index (χ2v) is 6.39. The van der Waals surface area contributed by atoms with Gasteiger partial charge >= 0.3 is 6.09 Å². The molecule has 1 saturated heterocycles. The SMILES string of the molecule is CCc1cc(C2CN(C(=O)OC(C)(C)C)C2)ccc1N. The summed E-state index contributed by atoms with van der Waals surface area (Å²) in [6, 6.07) is 6.18. The van der Waals surface area contributed by atoms with Gasteiger partial charge in [0.2, 0.25) is 0 Å². The zero-order chi connectivity index (χ0) is 14.9. The van der Waals surface area contributed by atoms with Gasteiger partial charge in [-0.15, -0.1) is 0 Å². The summed E-state index contributed by atoms with van der Waals surface area (Å²) in [5.41, 5.74) is 8.77. The lowest BCUT2D eigenvalue weighted by atomic mass is 9.90. The molecule has 0 spiro atoms. The second kappa shape index (κ2) is 5.35. The van der Waals surface area contributed by atoms with Gasteiger partial charge < -0.3 is 15.4 Å². The zero-order valence-corrected chi connectivity index (χ0v) is 12.8. The van der Waals surface area contributed by atoms with E-state index in [1.807, 2.05) is 26.8 Å². The highest BCUT2D eigenvalue weighted by Gasteiger charge is 2.34. The van der Waals surface area contributed by atoms with Gasteiger partial charge in [0.15, 0.2) is 0 Å². The minimum absolute atomic E-state index is 0.222. The van der Waals surface area contributed by atoms with E-state index in [1.54, 1.807) is 4.90 Å². The Morgan fingerprint density at radius 2 is 2.05 bits per heavy atom. The number of likely N-dealkylation sites (tertiary alicyclic amines) is 1. The number of nitrogen functional groups attached to an aromatic ring is 1. The number of benzene rings is 1. The van der Waals surface area contributed by atoms with Gasteiger partial charge in [-0.2, -0.15) is 0 Å². The second-order valence-electron chi connectivity index (χ2n) is 6.39. The van der Waals surface area contributed by atoms with Crippen LogP contribution >= 0.6 is 0 Å². The average Bonchev–Trinajstić information content (AvgIpc) is 2.26. The molecule has 1 aliphatic rings. The normalized spacial score (nSPS) is 15.9. The first-order valence-electron chi connectivity index (χ1n) is 7.16. The van der Waals surface area contributed by atoms with E-state index in [4.69, 9.17) is 10.5 Å². The predicted octanol–water partition coefficient (Wildman–Crippen LogP) is 3.17. The van der Waals surface area contributed by atoms with E-state index in [9.17, 15) is 4.79 Å². The number of hydrogen-bond acceptors (Lipinski definition) is 3. The predicted molar refractivity (Wildman–Crippen MR) is 80.8 cm³/mol. The molecule has 1 heterocycles. The first kappa shape index (κ1) is 14.7. The van der Waals surface area contributed by atoms with Crippen LogP contribution in [0.15, 0.2) is 18.2 Å². The molecule has 0 bridgehead atoms. The molecule has 110 valence electrons. The van der Waals surface area contributed by atoms with Crippen LogP contribution in [0, 0.1) is 0 Å². The molecule has 0 aliphatic carbocycles. The monoisotopic (exact) mass is 276 g/mol. The Morgan fingerprint density at radius 1 is 1.40 bits per heavy atom. The third-order valence-corrected chi connectivity index (χ3v) is 3.55. The van der Waals surface area contributed by atoms with Crippen molar-refractivity contribution in [2.45, 2.75) is 45.6 Å². The molecule has 4 heteroatoms. The molecule has 4 nitrogen and oxygen atoms in total. The third-order valence-electron chi connectivity index (χ3n) is 3.55. The smallest absolute Gasteiger partial charge is 0.410 e. The summed E-state index contributed by atoms with van der Waals surface area (Å²) >= 11 is 0. The maximum Gasteiger partial charge on any atom is 0.410 e. The number of ether oxygens (including phenoxy) is 1. The van der Waals surface area contributed by atoms with Gasteiger partial charge in [0.1, 0.15) is 5.60 Å². The number of nitrogens with two attached hydrogens (primary N) is 1. The summed E-state index contributed by atoms with van der Waals surface area (Å²) in [5, 5.41) is 0. The van der Waals surface area contributed by atoms with Crippen LogP contribution in [0.2, 0.25) is 0 Å². The number of carbonyl (C=O) groups excluding carboxylic acids is 1.